The summed E-state index contributed by atoms with van der Waals surface area (Å²) >= 11 is 0. The van der Waals surface area contributed by atoms with Crippen LogP contribution in [-0.2, 0) is 15.1 Å². The maximum Gasteiger partial charge on any atom is 0.345 e. The first-order chi connectivity index (χ1) is 13.5. The van der Waals surface area contributed by atoms with Crippen molar-refractivity contribution in [2.75, 3.05) is 21.2 Å². The van der Waals surface area contributed by atoms with Gasteiger partial charge in [-0.25, -0.2) is 26.7 Å². The molecule has 0 fully saturated rings. The number of rotatable bonds is 5. The second kappa shape index (κ2) is 8.06. The summed E-state index contributed by atoms with van der Waals surface area (Å²) in [7, 11) is 4.05. The number of amides is 1. The first-order valence-corrected chi connectivity index (χ1v) is 8.06. The van der Waals surface area contributed by atoms with Gasteiger partial charge in [0.15, 0.2) is 23.3 Å². The van der Waals surface area contributed by atoms with Gasteiger partial charge in [-0.3, -0.25) is 4.79 Å². The fourth-order valence-electron chi connectivity index (χ4n) is 2.58. The molecule has 29 heavy (non-hydrogen) atoms. The molecule has 0 N–H and O–H groups in total. The number of carbonyl (C=O) groups excluding carboxylic acids is 2. The summed E-state index contributed by atoms with van der Waals surface area (Å²) in [5, 5.41) is 0. The third kappa shape index (κ3) is 3.87. The highest BCUT2D eigenvalue weighted by molar-refractivity contribution is 5.94. The standard InChI is InChI=1S/C19H16F5NO4/c1-19(18(27)25(2)3,9-5-7-10(28-4)8-6-9)29-17(26)11-12(20)14(22)16(24)15(23)13(11)21/h5-8H,1-4H3. The molecule has 0 radical (unpaired) electrons. The number of nitrogens with zero attached hydrogens (tertiary/aromatic N) is 1. The fourth-order valence-corrected chi connectivity index (χ4v) is 2.58. The molecule has 0 heterocycles. The molecular formula is C19H16F5NO4. The topological polar surface area (TPSA) is 55.8 Å². The number of esters is 1. The van der Waals surface area contributed by atoms with Gasteiger partial charge in [0.2, 0.25) is 11.4 Å². The van der Waals surface area contributed by atoms with E-state index < -0.39 is 52.1 Å². The summed E-state index contributed by atoms with van der Waals surface area (Å²) in [6, 6.07) is 5.57. The maximum absolute atomic E-state index is 14.0. The van der Waals surface area contributed by atoms with Crippen LogP contribution in [0.15, 0.2) is 24.3 Å². The van der Waals surface area contributed by atoms with Crippen LogP contribution < -0.4 is 4.74 Å². The number of hydrogen-bond donors (Lipinski definition) is 0. The molecule has 0 aliphatic heterocycles. The van der Waals surface area contributed by atoms with Gasteiger partial charge in [-0.15, -0.1) is 0 Å². The van der Waals surface area contributed by atoms with Crippen LogP contribution in [0.3, 0.4) is 0 Å². The molecule has 2 aromatic rings. The molecule has 0 bridgehead atoms. The number of methoxy groups -OCH3 is 1. The molecule has 156 valence electrons. The molecule has 0 aliphatic carbocycles. The van der Waals surface area contributed by atoms with Crippen LogP contribution in [0.4, 0.5) is 22.0 Å². The van der Waals surface area contributed by atoms with Gasteiger partial charge in [0, 0.05) is 19.7 Å². The van der Waals surface area contributed by atoms with E-state index >= 15 is 0 Å². The van der Waals surface area contributed by atoms with Crippen LogP contribution in [0.1, 0.15) is 22.8 Å². The van der Waals surface area contributed by atoms with Crippen LogP contribution in [0.25, 0.3) is 0 Å². The quantitative estimate of drug-likeness (QED) is 0.323. The van der Waals surface area contributed by atoms with Crippen LogP contribution in [0, 0.1) is 29.1 Å². The zero-order valence-corrected chi connectivity index (χ0v) is 15.8. The molecule has 0 aliphatic rings. The molecular weight excluding hydrogens is 401 g/mol. The molecule has 0 aromatic heterocycles. The summed E-state index contributed by atoms with van der Waals surface area (Å²) < 4.78 is 78.0. The molecule has 10 heteroatoms. The normalized spacial score (nSPS) is 12.9. The smallest absolute Gasteiger partial charge is 0.345 e. The largest absolute Gasteiger partial charge is 0.497 e. The van der Waals surface area contributed by atoms with Gasteiger partial charge in [-0.2, -0.15) is 0 Å². The number of hydrogen-bond acceptors (Lipinski definition) is 4. The number of ether oxygens (including phenoxy) is 2. The minimum atomic E-state index is -2.42. The fraction of sp³-hybridized carbons (Fsp3) is 0.263. The summed E-state index contributed by atoms with van der Waals surface area (Å²) in [6.07, 6.45) is 0. The van der Waals surface area contributed by atoms with Crippen LogP contribution >= 0.6 is 0 Å². The number of benzene rings is 2. The van der Waals surface area contributed by atoms with Gasteiger partial charge in [0.25, 0.3) is 5.91 Å². The maximum atomic E-state index is 14.0. The molecule has 1 atom stereocenters. The van der Waals surface area contributed by atoms with Gasteiger partial charge in [0.1, 0.15) is 11.3 Å². The third-order valence-corrected chi connectivity index (χ3v) is 4.17. The lowest BCUT2D eigenvalue weighted by atomic mass is 9.93. The highest BCUT2D eigenvalue weighted by Gasteiger charge is 2.43. The van der Waals surface area contributed by atoms with Crippen LogP contribution in [-0.4, -0.2) is 38.0 Å². The van der Waals surface area contributed by atoms with E-state index in [1.54, 1.807) is 0 Å². The Morgan fingerprint density at radius 3 is 1.72 bits per heavy atom. The van der Waals surface area contributed by atoms with Crippen molar-refractivity contribution < 1.29 is 41.0 Å². The van der Waals surface area contributed by atoms with Gasteiger partial charge in [0.05, 0.1) is 7.11 Å². The predicted molar refractivity (Wildman–Crippen MR) is 90.7 cm³/mol. The zero-order valence-electron chi connectivity index (χ0n) is 15.8. The molecule has 0 spiro atoms. The highest BCUT2D eigenvalue weighted by Crippen LogP contribution is 2.32. The Morgan fingerprint density at radius 2 is 1.31 bits per heavy atom. The van der Waals surface area contributed by atoms with Crippen molar-refractivity contribution in [1.29, 1.82) is 0 Å². The monoisotopic (exact) mass is 417 g/mol. The average Bonchev–Trinajstić information content (AvgIpc) is 2.70. The minimum Gasteiger partial charge on any atom is -0.497 e. The van der Waals surface area contributed by atoms with E-state index in [0.717, 1.165) is 11.8 Å². The van der Waals surface area contributed by atoms with Gasteiger partial charge in [-0.05, 0) is 19.1 Å². The lowest BCUT2D eigenvalue weighted by Crippen LogP contribution is -2.45. The average molecular weight is 417 g/mol. The van der Waals surface area contributed by atoms with Crippen molar-refractivity contribution in [3.63, 3.8) is 0 Å². The van der Waals surface area contributed by atoms with Gasteiger partial charge in [-0.1, -0.05) is 12.1 Å². The predicted octanol–water partition coefficient (Wildman–Crippen LogP) is 3.55. The van der Waals surface area contributed by atoms with E-state index in [-0.39, 0.29) is 5.56 Å². The minimum absolute atomic E-state index is 0.0780. The Hall–Kier alpha value is -3.17. The van der Waals surface area contributed by atoms with Crippen molar-refractivity contribution in [1.82, 2.24) is 4.90 Å². The summed E-state index contributed by atoms with van der Waals surface area (Å²) in [6.45, 7) is 1.13. The second-order valence-corrected chi connectivity index (χ2v) is 6.30. The van der Waals surface area contributed by atoms with Gasteiger partial charge >= 0.3 is 5.97 Å². The van der Waals surface area contributed by atoms with Crippen molar-refractivity contribution in [2.24, 2.45) is 0 Å². The highest BCUT2D eigenvalue weighted by atomic mass is 19.2. The number of likely N-dealkylation sites (N-methyl/N-ethyl adjacent to an activating group) is 1. The lowest BCUT2D eigenvalue weighted by molar-refractivity contribution is -0.148. The Morgan fingerprint density at radius 1 is 0.862 bits per heavy atom. The van der Waals surface area contributed by atoms with E-state index in [1.807, 2.05) is 0 Å². The summed E-state index contributed by atoms with van der Waals surface area (Å²) in [5.74, 6) is -14.1. The van der Waals surface area contributed by atoms with E-state index in [9.17, 15) is 31.5 Å². The molecule has 5 nitrogen and oxygen atoms in total. The lowest BCUT2D eigenvalue weighted by Gasteiger charge is -2.31. The first kappa shape index (κ1) is 22.1. The summed E-state index contributed by atoms with van der Waals surface area (Å²) in [4.78, 5) is 26.1. The molecule has 0 saturated carbocycles. The van der Waals surface area contributed by atoms with E-state index in [0.29, 0.717) is 5.75 Å². The molecule has 2 aromatic carbocycles. The molecule has 1 unspecified atom stereocenters. The Labute approximate surface area is 162 Å². The van der Waals surface area contributed by atoms with Crippen molar-refractivity contribution >= 4 is 11.9 Å². The molecule has 1 amide bonds. The van der Waals surface area contributed by atoms with Gasteiger partial charge < -0.3 is 14.4 Å². The third-order valence-electron chi connectivity index (χ3n) is 4.17. The van der Waals surface area contributed by atoms with E-state index in [4.69, 9.17) is 9.47 Å². The van der Waals surface area contributed by atoms with Crippen LogP contribution in [0.2, 0.25) is 0 Å². The summed E-state index contributed by atoms with van der Waals surface area (Å²) in [5.41, 5.74) is -3.85. The Balaban J connectivity index is 2.58. The molecule has 2 rings (SSSR count). The number of halogens is 5. The van der Waals surface area contributed by atoms with E-state index in [2.05, 4.69) is 0 Å². The van der Waals surface area contributed by atoms with E-state index in [1.165, 1.54) is 45.5 Å². The zero-order chi connectivity index (χ0) is 22.1. The first-order valence-electron chi connectivity index (χ1n) is 8.06. The SMILES string of the molecule is COc1ccc(C(C)(OC(=O)c2c(F)c(F)c(F)c(F)c2F)C(=O)N(C)C)cc1. The molecule has 0 saturated heterocycles. The Kier molecular flexibility index (Phi) is 6.15. The van der Waals surface area contributed by atoms with Crippen LogP contribution in [0.5, 0.6) is 5.75 Å². The number of carbonyl (C=O) groups is 2. The van der Waals surface area contributed by atoms with Crippen molar-refractivity contribution in [3.05, 3.63) is 64.5 Å². The Bertz CT molecular complexity index is 933. The van der Waals surface area contributed by atoms with Crippen molar-refractivity contribution in [3.8, 4) is 5.75 Å². The second-order valence-electron chi connectivity index (χ2n) is 6.30. The van der Waals surface area contributed by atoms with Crippen molar-refractivity contribution in [2.45, 2.75) is 12.5 Å².